The molecule has 1 aromatic carbocycles. The van der Waals surface area contributed by atoms with Gasteiger partial charge in [-0.1, -0.05) is 23.7 Å². The van der Waals surface area contributed by atoms with Crippen molar-refractivity contribution in [2.75, 3.05) is 25.0 Å². The standard InChI is InChI=1S/C13H15ClN2O/c1-15-6-3-7-16-11(13(15)17)8-9-4-2-5-10(14)12(9)16/h2,4-5,11H,3,6-8H2,1H3. The van der Waals surface area contributed by atoms with Crippen molar-refractivity contribution in [3.8, 4) is 0 Å². The Hall–Kier alpha value is -1.22. The first-order valence-corrected chi connectivity index (χ1v) is 6.35. The molecule has 1 unspecified atom stereocenters. The van der Waals surface area contributed by atoms with E-state index in [0.29, 0.717) is 0 Å². The van der Waals surface area contributed by atoms with Crippen molar-refractivity contribution in [1.29, 1.82) is 0 Å². The van der Waals surface area contributed by atoms with Gasteiger partial charge in [0.05, 0.1) is 10.7 Å². The van der Waals surface area contributed by atoms with E-state index < -0.39 is 0 Å². The van der Waals surface area contributed by atoms with Crippen LogP contribution >= 0.6 is 11.6 Å². The number of anilines is 1. The van der Waals surface area contributed by atoms with Crippen LogP contribution in [-0.4, -0.2) is 37.0 Å². The quantitative estimate of drug-likeness (QED) is 0.703. The van der Waals surface area contributed by atoms with Crippen molar-refractivity contribution in [3.05, 3.63) is 28.8 Å². The Kier molecular flexibility index (Phi) is 2.51. The summed E-state index contributed by atoms with van der Waals surface area (Å²) in [6.45, 7) is 1.75. The van der Waals surface area contributed by atoms with Gasteiger partial charge >= 0.3 is 0 Å². The first-order valence-electron chi connectivity index (χ1n) is 5.97. The third-order valence-electron chi connectivity index (χ3n) is 3.70. The molecule has 1 amide bonds. The van der Waals surface area contributed by atoms with Crippen LogP contribution in [0.4, 0.5) is 5.69 Å². The maximum atomic E-state index is 12.2. The topological polar surface area (TPSA) is 23.6 Å². The number of hydrogen-bond donors (Lipinski definition) is 0. The number of nitrogens with zero attached hydrogens (tertiary/aromatic N) is 2. The molecule has 0 radical (unpaired) electrons. The molecule has 1 fully saturated rings. The number of para-hydroxylation sites is 1. The average Bonchev–Trinajstić information content (AvgIpc) is 2.62. The molecule has 1 saturated heterocycles. The summed E-state index contributed by atoms with van der Waals surface area (Å²) in [5, 5.41) is 0.766. The molecule has 2 aliphatic rings. The lowest BCUT2D eigenvalue weighted by molar-refractivity contribution is -0.130. The maximum absolute atomic E-state index is 12.2. The Morgan fingerprint density at radius 3 is 3.00 bits per heavy atom. The fourth-order valence-corrected chi connectivity index (χ4v) is 3.15. The lowest BCUT2D eigenvalue weighted by atomic mass is 10.1. The molecular formula is C13H15ClN2O. The van der Waals surface area contributed by atoms with Crippen molar-refractivity contribution >= 4 is 23.2 Å². The van der Waals surface area contributed by atoms with Crippen LogP contribution in [0.5, 0.6) is 0 Å². The number of fused-ring (bicyclic) bond motifs is 3. The SMILES string of the molecule is CN1CCCN2c3c(Cl)cccc3CC2C1=O. The molecule has 0 bridgehead atoms. The van der Waals surface area contributed by atoms with Gasteiger partial charge in [0.15, 0.2) is 0 Å². The van der Waals surface area contributed by atoms with E-state index >= 15 is 0 Å². The van der Waals surface area contributed by atoms with Crippen molar-refractivity contribution in [2.24, 2.45) is 0 Å². The molecule has 17 heavy (non-hydrogen) atoms. The number of hydrogen-bond acceptors (Lipinski definition) is 2. The van der Waals surface area contributed by atoms with E-state index in [1.165, 1.54) is 5.56 Å². The van der Waals surface area contributed by atoms with Crippen LogP contribution in [0.1, 0.15) is 12.0 Å². The van der Waals surface area contributed by atoms with Gasteiger partial charge in [-0.15, -0.1) is 0 Å². The van der Waals surface area contributed by atoms with E-state index in [1.807, 2.05) is 24.1 Å². The van der Waals surface area contributed by atoms with Crippen molar-refractivity contribution < 1.29 is 4.79 Å². The number of carbonyl (C=O) groups is 1. The molecule has 3 rings (SSSR count). The zero-order valence-electron chi connectivity index (χ0n) is 9.82. The second-order valence-electron chi connectivity index (χ2n) is 4.77. The number of amides is 1. The molecule has 2 heterocycles. The fraction of sp³-hybridized carbons (Fsp3) is 0.462. The first-order chi connectivity index (χ1) is 8.18. The molecule has 0 saturated carbocycles. The van der Waals surface area contributed by atoms with Gasteiger partial charge in [0.25, 0.3) is 0 Å². The zero-order chi connectivity index (χ0) is 12.0. The van der Waals surface area contributed by atoms with Crippen LogP contribution < -0.4 is 4.90 Å². The molecule has 2 aliphatic heterocycles. The molecule has 3 nitrogen and oxygen atoms in total. The Morgan fingerprint density at radius 1 is 1.35 bits per heavy atom. The molecule has 0 N–H and O–H groups in total. The van der Waals surface area contributed by atoms with Crippen LogP contribution in [0.3, 0.4) is 0 Å². The molecule has 0 aliphatic carbocycles. The summed E-state index contributed by atoms with van der Waals surface area (Å²) in [6.07, 6.45) is 1.79. The van der Waals surface area contributed by atoms with Gasteiger partial charge in [-0.2, -0.15) is 0 Å². The van der Waals surface area contributed by atoms with Gasteiger partial charge in [-0.05, 0) is 18.1 Å². The minimum Gasteiger partial charge on any atom is -0.358 e. The lowest BCUT2D eigenvalue weighted by Gasteiger charge is -2.25. The number of carbonyl (C=O) groups excluding carboxylic acids is 1. The predicted octanol–water partition coefficient (Wildman–Crippen LogP) is 1.93. The van der Waals surface area contributed by atoms with Gasteiger partial charge in [-0.25, -0.2) is 0 Å². The molecule has 0 spiro atoms. The molecule has 1 aromatic rings. The fourth-order valence-electron chi connectivity index (χ4n) is 2.85. The van der Waals surface area contributed by atoms with Gasteiger partial charge < -0.3 is 9.80 Å². The van der Waals surface area contributed by atoms with Gasteiger partial charge in [-0.3, -0.25) is 4.79 Å². The summed E-state index contributed by atoms with van der Waals surface area (Å²) in [7, 11) is 1.89. The number of halogens is 1. The monoisotopic (exact) mass is 250 g/mol. The van der Waals surface area contributed by atoms with Crippen LogP contribution in [0.25, 0.3) is 0 Å². The van der Waals surface area contributed by atoms with Crippen molar-refractivity contribution in [1.82, 2.24) is 4.90 Å². The first kappa shape index (κ1) is 10.9. The minimum atomic E-state index is -0.0441. The summed E-state index contributed by atoms with van der Waals surface area (Å²) in [5.41, 5.74) is 2.27. The second kappa shape index (κ2) is 3.91. The number of rotatable bonds is 0. The van der Waals surface area contributed by atoms with Gasteiger partial charge in [0.2, 0.25) is 5.91 Å². The molecule has 0 aromatic heterocycles. The van der Waals surface area contributed by atoms with Crippen molar-refractivity contribution in [3.63, 3.8) is 0 Å². The van der Waals surface area contributed by atoms with E-state index in [-0.39, 0.29) is 11.9 Å². The highest BCUT2D eigenvalue weighted by atomic mass is 35.5. The van der Waals surface area contributed by atoms with Crippen LogP contribution in [0, 0.1) is 0 Å². The molecule has 4 heteroatoms. The van der Waals surface area contributed by atoms with Crippen LogP contribution in [0.15, 0.2) is 18.2 Å². The third-order valence-corrected chi connectivity index (χ3v) is 4.01. The predicted molar refractivity (Wildman–Crippen MR) is 68.5 cm³/mol. The van der Waals surface area contributed by atoms with Gasteiger partial charge in [0, 0.05) is 26.6 Å². The summed E-state index contributed by atoms with van der Waals surface area (Å²) >= 11 is 6.26. The molecule has 1 atom stereocenters. The van der Waals surface area contributed by atoms with Gasteiger partial charge in [0.1, 0.15) is 6.04 Å². The Morgan fingerprint density at radius 2 is 2.18 bits per heavy atom. The smallest absolute Gasteiger partial charge is 0.245 e. The maximum Gasteiger partial charge on any atom is 0.245 e. The van der Waals surface area contributed by atoms with E-state index in [0.717, 1.165) is 36.6 Å². The largest absolute Gasteiger partial charge is 0.358 e. The summed E-state index contributed by atoms with van der Waals surface area (Å²) in [5.74, 6) is 0.217. The summed E-state index contributed by atoms with van der Waals surface area (Å²) < 4.78 is 0. The molecular weight excluding hydrogens is 236 g/mol. The summed E-state index contributed by atoms with van der Waals surface area (Å²) in [6, 6.07) is 5.89. The van der Waals surface area contributed by atoms with Crippen molar-refractivity contribution in [2.45, 2.75) is 18.9 Å². The number of likely N-dealkylation sites (N-methyl/N-ethyl adjacent to an activating group) is 1. The molecule has 90 valence electrons. The third kappa shape index (κ3) is 1.61. The highest BCUT2D eigenvalue weighted by molar-refractivity contribution is 6.33. The highest BCUT2D eigenvalue weighted by Crippen LogP contribution is 2.39. The number of benzene rings is 1. The van der Waals surface area contributed by atoms with Crippen LogP contribution in [0.2, 0.25) is 5.02 Å². The Labute approximate surface area is 106 Å². The van der Waals surface area contributed by atoms with E-state index in [1.54, 1.807) is 0 Å². The van der Waals surface area contributed by atoms with E-state index in [2.05, 4.69) is 11.0 Å². The highest BCUT2D eigenvalue weighted by Gasteiger charge is 2.38. The zero-order valence-corrected chi connectivity index (χ0v) is 10.6. The normalized spacial score (nSPS) is 23.4. The lowest BCUT2D eigenvalue weighted by Crippen LogP contribution is -2.43. The second-order valence-corrected chi connectivity index (χ2v) is 5.18. The average molecular weight is 251 g/mol. The van der Waals surface area contributed by atoms with E-state index in [9.17, 15) is 4.79 Å². The minimum absolute atomic E-state index is 0.0441. The summed E-state index contributed by atoms with van der Waals surface area (Å²) in [4.78, 5) is 16.3. The van der Waals surface area contributed by atoms with E-state index in [4.69, 9.17) is 11.6 Å². The Balaban J connectivity index is 2.04. The van der Waals surface area contributed by atoms with Crippen LogP contribution in [-0.2, 0) is 11.2 Å². The Bertz CT molecular complexity index is 474.